The lowest BCUT2D eigenvalue weighted by molar-refractivity contribution is 0.0509. The standard InChI is InChI=1S/C9H20O4Si/c1-8(12-6-9-7-13-9)4-5-14(10-2)11-3/h8-9,14H,4-7H2,1-3H3. The molecule has 1 rings (SSSR count). The van der Waals surface area contributed by atoms with Crippen LogP contribution in [0, 0.1) is 0 Å². The summed E-state index contributed by atoms with van der Waals surface area (Å²) in [5.41, 5.74) is 0. The highest BCUT2D eigenvalue weighted by Crippen LogP contribution is 2.12. The number of rotatable bonds is 8. The number of hydrogen-bond acceptors (Lipinski definition) is 4. The van der Waals surface area contributed by atoms with E-state index in [1.165, 1.54) is 0 Å². The van der Waals surface area contributed by atoms with Gasteiger partial charge in [0.05, 0.1) is 19.3 Å². The van der Waals surface area contributed by atoms with Crippen molar-refractivity contribution in [3.63, 3.8) is 0 Å². The van der Waals surface area contributed by atoms with Crippen LogP contribution in [0.4, 0.5) is 0 Å². The Labute approximate surface area is 87.3 Å². The maximum Gasteiger partial charge on any atom is 0.320 e. The first-order valence-electron chi connectivity index (χ1n) is 5.05. The van der Waals surface area contributed by atoms with Crippen molar-refractivity contribution in [3.05, 3.63) is 0 Å². The van der Waals surface area contributed by atoms with Crippen LogP contribution in [-0.2, 0) is 18.3 Å². The van der Waals surface area contributed by atoms with Gasteiger partial charge in [0.1, 0.15) is 6.10 Å². The van der Waals surface area contributed by atoms with Gasteiger partial charge in [-0.05, 0) is 19.4 Å². The fourth-order valence-corrected chi connectivity index (χ4v) is 2.63. The van der Waals surface area contributed by atoms with Crippen LogP contribution >= 0.6 is 0 Å². The van der Waals surface area contributed by atoms with Gasteiger partial charge in [-0.3, -0.25) is 0 Å². The first kappa shape index (κ1) is 12.1. The summed E-state index contributed by atoms with van der Waals surface area (Å²) in [4.78, 5) is 0. The van der Waals surface area contributed by atoms with E-state index >= 15 is 0 Å². The third-order valence-electron chi connectivity index (χ3n) is 2.30. The van der Waals surface area contributed by atoms with Gasteiger partial charge in [0, 0.05) is 14.2 Å². The molecular weight excluding hydrogens is 200 g/mol. The van der Waals surface area contributed by atoms with E-state index in [0.29, 0.717) is 6.10 Å². The Kier molecular flexibility index (Phi) is 5.65. The highest BCUT2D eigenvalue weighted by molar-refractivity contribution is 6.44. The van der Waals surface area contributed by atoms with E-state index in [1.807, 2.05) is 0 Å². The number of ether oxygens (including phenoxy) is 2. The van der Waals surface area contributed by atoms with Crippen molar-refractivity contribution >= 4 is 9.28 Å². The van der Waals surface area contributed by atoms with Crippen molar-refractivity contribution in [3.8, 4) is 0 Å². The molecule has 1 fully saturated rings. The molecule has 0 amide bonds. The Morgan fingerprint density at radius 3 is 2.57 bits per heavy atom. The minimum absolute atomic E-state index is 0.277. The Morgan fingerprint density at radius 1 is 1.43 bits per heavy atom. The van der Waals surface area contributed by atoms with Crippen LogP contribution in [0.15, 0.2) is 0 Å². The van der Waals surface area contributed by atoms with Crippen LogP contribution in [0.5, 0.6) is 0 Å². The minimum atomic E-state index is -1.39. The number of hydrogen-bond donors (Lipinski definition) is 0. The second-order valence-electron chi connectivity index (χ2n) is 3.58. The van der Waals surface area contributed by atoms with Crippen LogP contribution in [0.3, 0.4) is 0 Å². The Morgan fingerprint density at radius 2 is 2.07 bits per heavy atom. The average molecular weight is 220 g/mol. The van der Waals surface area contributed by atoms with Crippen LogP contribution in [0.1, 0.15) is 13.3 Å². The Hall–Kier alpha value is 0.0569. The fraction of sp³-hybridized carbons (Fsp3) is 1.00. The van der Waals surface area contributed by atoms with Crippen molar-refractivity contribution in [2.24, 2.45) is 0 Å². The molecule has 1 aliphatic heterocycles. The summed E-state index contributed by atoms with van der Waals surface area (Å²) in [6.45, 7) is 3.67. The second-order valence-corrected chi connectivity index (χ2v) is 5.96. The normalized spacial score (nSPS) is 22.7. The molecule has 0 N–H and O–H groups in total. The molecule has 1 saturated heterocycles. The highest BCUT2D eigenvalue weighted by Gasteiger charge is 2.23. The van der Waals surface area contributed by atoms with Gasteiger partial charge in [-0.2, -0.15) is 0 Å². The molecule has 0 aromatic heterocycles. The van der Waals surface area contributed by atoms with Gasteiger partial charge in [0.2, 0.25) is 0 Å². The van der Waals surface area contributed by atoms with Gasteiger partial charge in [-0.1, -0.05) is 0 Å². The summed E-state index contributed by atoms with van der Waals surface area (Å²) in [5, 5.41) is 0. The van der Waals surface area contributed by atoms with Crippen molar-refractivity contribution in [1.82, 2.24) is 0 Å². The minimum Gasteiger partial charge on any atom is -0.400 e. The summed E-state index contributed by atoms with van der Waals surface area (Å²) in [5.74, 6) is 0. The maximum atomic E-state index is 5.59. The molecule has 84 valence electrons. The molecule has 2 unspecified atom stereocenters. The molecule has 4 nitrogen and oxygen atoms in total. The smallest absolute Gasteiger partial charge is 0.320 e. The molecule has 0 spiro atoms. The van der Waals surface area contributed by atoms with Crippen molar-refractivity contribution in [2.75, 3.05) is 27.4 Å². The van der Waals surface area contributed by atoms with Gasteiger partial charge in [0.15, 0.2) is 0 Å². The number of epoxide rings is 1. The lowest BCUT2D eigenvalue weighted by Gasteiger charge is -2.15. The predicted molar refractivity (Wildman–Crippen MR) is 55.7 cm³/mol. The highest BCUT2D eigenvalue weighted by atomic mass is 28.3. The van der Waals surface area contributed by atoms with Crippen LogP contribution < -0.4 is 0 Å². The Balaban J connectivity index is 1.97. The monoisotopic (exact) mass is 220 g/mol. The topological polar surface area (TPSA) is 40.2 Å². The predicted octanol–water partition coefficient (Wildman–Crippen LogP) is 0.694. The molecule has 14 heavy (non-hydrogen) atoms. The SMILES string of the molecule is CO[SiH](CCC(C)OCC1CO1)OC. The van der Waals surface area contributed by atoms with Gasteiger partial charge in [0.25, 0.3) is 0 Å². The van der Waals surface area contributed by atoms with Crippen molar-refractivity contribution in [1.29, 1.82) is 0 Å². The summed E-state index contributed by atoms with van der Waals surface area (Å²) >= 11 is 0. The van der Waals surface area contributed by atoms with Crippen LogP contribution in [0.25, 0.3) is 0 Å². The Bertz CT molecular complexity index is 148. The first-order valence-corrected chi connectivity index (χ1v) is 6.81. The third kappa shape index (κ3) is 5.07. The van der Waals surface area contributed by atoms with E-state index < -0.39 is 9.28 Å². The molecule has 0 aliphatic carbocycles. The second kappa shape index (κ2) is 6.52. The molecule has 0 bridgehead atoms. The van der Waals surface area contributed by atoms with Gasteiger partial charge in [-0.25, -0.2) is 0 Å². The largest absolute Gasteiger partial charge is 0.400 e. The maximum absolute atomic E-state index is 5.59. The van der Waals surface area contributed by atoms with E-state index in [4.69, 9.17) is 18.3 Å². The lowest BCUT2D eigenvalue weighted by Crippen LogP contribution is -2.22. The van der Waals surface area contributed by atoms with Crippen molar-refractivity contribution in [2.45, 2.75) is 31.6 Å². The van der Waals surface area contributed by atoms with Crippen molar-refractivity contribution < 1.29 is 18.3 Å². The lowest BCUT2D eigenvalue weighted by atomic mass is 10.3. The molecule has 5 heteroatoms. The molecule has 1 aliphatic rings. The zero-order chi connectivity index (χ0) is 10.4. The molecule has 1 heterocycles. The van der Waals surface area contributed by atoms with E-state index in [-0.39, 0.29) is 6.10 Å². The van der Waals surface area contributed by atoms with E-state index in [9.17, 15) is 0 Å². The van der Waals surface area contributed by atoms with E-state index in [2.05, 4.69) is 6.92 Å². The quantitative estimate of drug-likeness (QED) is 0.446. The van der Waals surface area contributed by atoms with Gasteiger partial charge >= 0.3 is 9.28 Å². The molecular formula is C9H20O4Si. The molecule has 0 aromatic rings. The summed E-state index contributed by atoms with van der Waals surface area (Å²) in [7, 11) is 2.03. The fourth-order valence-electron chi connectivity index (χ4n) is 1.22. The summed E-state index contributed by atoms with van der Waals surface area (Å²) < 4.78 is 21.1. The molecule has 0 saturated carbocycles. The van der Waals surface area contributed by atoms with E-state index in [1.54, 1.807) is 14.2 Å². The molecule has 0 radical (unpaired) electrons. The van der Waals surface area contributed by atoms with Gasteiger partial charge < -0.3 is 18.3 Å². The van der Waals surface area contributed by atoms with Gasteiger partial charge in [-0.15, -0.1) is 0 Å². The van der Waals surface area contributed by atoms with Crippen LogP contribution in [-0.4, -0.2) is 48.9 Å². The molecule has 2 atom stereocenters. The first-order chi connectivity index (χ1) is 6.76. The zero-order valence-electron chi connectivity index (χ0n) is 9.19. The summed E-state index contributed by atoms with van der Waals surface area (Å²) in [6, 6.07) is 1.000. The zero-order valence-corrected chi connectivity index (χ0v) is 10.3. The summed E-state index contributed by atoms with van der Waals surface area (Å²) in [6.07, 6.45) is 1.64. The third-order valence-corrected chi connectivity index (χ3v) is 4.16. The average Bonchev–Trinajstić information content (AvgIpc) is 3.00. The van der Waals surface area contributed by atoms with Crippen LogP contribution in [0.2, 0.25) is 6.04 Å². The molecule has 0 aromatic carbocycles. The van der Waals surface area contributed by atoms with E-state index in [0.717, 1.165) is 25.7 Å².